The van der Waals surface area contributed by atoms with Crippen LogP contribution in [0, 0.1) is 0 Å². The normalized spacial score (nSPS) is 10.2. The molecule has 0 heterocycles. The molecule has 0 aliphatic heterocycles. The maximum Gasteiger partial charge on any atom is 0.418 e. The highest BCUT2D eigenvalue weighted by molar-refractivity contribution is 5.79. The van der Waals surface area contributed by atoms with Crippen LogP contribution in [0.1, 0.15) is 13.8 Å². The molecule has 0 fully saturated rings. The Morgan fingerprint density at radius 2 is 2.25 bits per heavy atom. The number of esters is 1. The zero-order valence-electron chi connectivity index (χ0n) is 7.12. The van der Waals surface area contributed by atoms with Crippen LogP contribution < -0.4 is 0 Å². The first-order chi connectivity index (χ1) is 5.54. The van der Waals surface area contributed by atoms with Gasteiger partial charge in [0.05, 0.1) is 0 Å². The molecule has 0 aromatic carbocycles. The van der Waals surface area contributed by atoms with E-state index in [-0.39, 0.29) is 6.61 Å². The fourth-order valence-electron chi connectivity index (χ4n) is 0.454. The molecule has 4 heteroatoms. The lowest BCUT2D eigenvalue weighted by molar-refractivity contribution is -0.159. The summed E-state index contributed by atoms with van der Waals surface area (Å²) < 4.78 is 9.02. The maximum absolute atomic E-state index is 11.0. The van der Waals surface area contributed by atoms with Crippen LogP contribution in [0.4, 0.5) is 0 Å². The van der Waals surface area contributed by atoms with Crippen LogP contribution in [0.25, 0.3) is 0 Å². The van der Waals surface area contributed by atoms with Crippen molar-refractivity contribution in [3.63, 3.8) is 0 Å². The fraction of sp³-hybridized carbons (Fsp3) is 0.500. The fourth-order valence-corrected chi connectivity index (χ4v) is 0.454. The van der Waals surface area contributed by atoms with Crippen molar-refractivity contribution in [3.8, 4) is 0 Å². The van der Waals surface area contributed by atoms with Crippen LogP contribution in [0.5, 0.6) is 0 Å². The van der Waals surface area contributed by atoms with Gasteiger partial charge in [-0.1, -0.05) is 12.7 Å². The van der Waals surface area contributed by atoms with Crippen molar-refractivity contribution >= 4 is 12.4 Å². The third kappa shape index (κ3) is 3.18. The number of ether oxygens (including phenoxy) is 2. The monoisotopic (exact) mass is 171 g/mol. The second-order valence-electron chi connectivity index (χ2n) is 2.58. The summed E-state index contributed by atoms with van der Waals surface area (Å²) in [5, 5.41) is 0. The molecule has 67 valence electrons. The van der Waals surface area contributed by atoms with Crippen LogP contribution in [0.3, 0.4) is 0 Å². The average molecular weight is 171 g/mol. The summed E-state index contributed by atoms with van der Waals surface area (Å²) in [7, 11) is 0. The predicted octanol–water partition coefficient (Wildman–Crippen LogP) is 0.578. The zero-order chi connectivity index (χ0) is 9.61. The second kappa shape index (κ2) is 4.54. The minimum absolute atomic E-state index is 0.102. The molecule has 4 nitrogen and oxygen atoms in total. The second-order valence-corrected chi connectivity index (χ2v) is 2.58. The average Bonchev–Trinajstić information content (AvgIpc) is 2.00. The topological polar surface area (TPSA) is 52.6 Å². The summed E-state index contributed by atoms with van der Waals surface area (Å²) in [4.78, 5) is 20.9. The molecular formula is C8H11O4. The third-order valence-electron chi connectivity index (χ3n) is 1.12. The van der Waals surface area contributed by atoms with E-state index in [2.05, 4.69) is 16.1 Å². The van der Waals surface area contributed by atoms with Gasteiger partial charge in [-0.3, -0.25) is 0 Å². The van der Waals surface area contributed by atoms with Crippen LogP contribution in [0.15, 0.2) is 12.7 Å². The lowest BCUT2D eigenvalue weighted by Gasteiger charge is -2.18. The summed E-state index contributed by atoms with van der Waals surface area (Å²) in [5.74, 6) is -0.620. The molecule has 0 aromatic heterocycles. The highest BCUT2D eigenvalue weighted by Gasteiger charge is 2.31. The number of hydrogen-bond acceptors (Lipinski definition) is 4. The van der Waals surface area contributed by atoms with Crippen LogP contribution in [-0.2, 0) is 19.1 Å². The van der Waals surface area contributed by atoms with Gasteiger partial charge in [-0.25, -0.2) is 9.59 Å². The van der Waals surface area contributed by atoms with Gasteiger partial charge in [0.15, 0.2) is 0 Å². The summed E-state index contributed by atoms with van der Waals surface area (Å²) in [6, 6.07) is 0. The molecule has 0 bridgehead atoms. The SMILES string of the molecule is C=CCOC(=O)C(C)(C)O[C]=O. The Morgan fingerprint density at radius 3 is 2.67 bits per heavy atom. The molecule has 0 amide bonds. The largest absolute Gasteiger partial charge is 0.459 e. The van der Waals surface area contributed by atoms with E-state index in [4.69, 9.17) is 0 Å². The van der Waals surface area contributed by atoms with Crippen molar-refractivity contribution in [1.82, 2.24) is 0 Å². The Kier molecular flexibility index (Phi) is 4.04. The van der Waals surface area contributed by atoms with E-state index in [1.165, 1.54) is 26.4 Å². The van der Waals surface area contributed by atoms with E-state index in [1.807, 2.05) is 0 Å². The van der Waals surface area contributed by atoms with E-state index in [0.29, 0.717) is 0 Å². The minimum atomic E-state index is -1.27. The van der Waals surface area contributed by atoms with Gasteiger partial charge in [0.2, 0.25) is 5.60 Å². The molecule has 12 heavy (non-hydrogen) atoms. The molecule has 0 spiro atoms. The Labute approximate surface area is 71.2 Å². The molecular weight excluding hydrogens is 160 g/mol. The molecule has 0 saturated heterocycles. The molecule has 0 aliphatic carbocycles. The summed E-state index contributed by atoms with van der Waals surface area (Å²) in [5.41, 5.74) is -1.27. The smallest absolute Gasteiger partial charge is 0.418 e. The van der Waals surface area contributed by atoms with E-state index < -0.39 is 11.6 Å². The standard InChI is InChI=1S/C8H11O4/c1-4-5-11-7(10)8(2,3)12-6-9/h4H,1,5H2,2-3H3. The van der Waals surface area contributed by atoms with Gasteiger partial charge in [0.1, 0.15) is 6.61 Å². The maximum atomic E-state index is 11.0. The van der Waals surface area contributed by atoms with Crippen LogP contribution >= 0.6 is 0 Å². The number of carbonyl (C=O) groups is 1. The number of rotatable bonds is 5. The van der Waals surface area contributed by atoms with Gasteiger partial charge in [-0.05, 0) is 13.8 Å². The van der Waals surface area contributed by atoms with Gasteiger partial charge in [0.25, 0.3) is 0 Å². The molecule has 0 rings (SSSR count). The quantitative estimate of drug-likeness (QED) is 0.448. The van der Waals surface area contributed by atoms with Crippen LogP contribution in [-0.4, -0.2) is 24.6 Å². The Hall–Kier alpha value is -1.32. The molecule has 0 atom stereocenters. The first kappa shape index (κ1) is 10.7. The summed E-state index contributed by atoms with van der Waals surface area (Å²) in [6.07, 6.45) is 1.43. The predicted molar refractivity (Wildman–Crippen MR) is 42.0 cm³/mol. The first-order valence-corrected chi connectivity index (χ1v) is 3.38. The lowest BCUT2D eigenvalue weighted by atomic mass is 10.1. The number of hydrogen-bond donors (Lipinski definition) is 0. The van der Waals surface area contributed by atoms with Crippen molar-refractivity contribution in [2.24, 2.45) is 0 Å². The zero-order valence-corrected chi connectivity index (χ0v) is 7.12. The third-order valence-corrected chi connectivity index (χ3v) is 1.12. The van der Waals surface area contributed by atoms with E-state index >= 15 is 0 Å². The van der Waals surface area contributed by atoms with Crippen LogP contribution in [0.2, 0.25) is 0 Å². The van der Waals surface area contributed by atoms with Gasteiger partial charge in [0, 0.05) is 0 Å². The Morgan fingerprint density at radius 1 is 1.67 bits per heavy atom. The lowest BCUT2D eigenvalue weighted by Crippen LogP contribution is -2.36. The van der Waals surface area contributed by atoms with Crippen molar-refractivity contribution in [1.29, 1.82) is 0 Å². The van der Waals surface area contributed by atoms with Gasteiger partial charge >= 0.3 is 12.4 Å². The van der Waals surface area contributed by atoms with Crippen molar-refractivity contribution < 1.29 is 19.1 Å². The molecule has 1 radical (unpaired) electrons. The molecule has 0 aliphatic rings. The van der Waals surface area contributed by atoms with Crippen molar-refractivity contribution in [2.75, 3.05) is 6.61 Å². The van der Waals surface area contributed by atoms with E-state index in [1.54, 1.807) is 0 Å². The molecule has 0 aromatic rings. The molecule has 0 unspecified atom stereocenters. The first-order valence-electron chi connectivity index (χ1n) is 3.38. The summed E-state index contributed by atoms with van der Waals surface area (Å²) >= 11 is 0. The van der Waals surface area contributed by atoms with Gasteiger partial charge in [-0.2, -0.15) is 0 Å². The molecule has 0 saturated carbocycles. The Bertz CT molecular complexity index is 183. The Balaban J connectivity index is 4.04. The van der Waals surface area contributed by atoms with E-state index in [0.717, 1.165) is 0 Å². The van der Waals surface area contributed by atoms with Crippen molar-refractivity contribution in [2.45, 2.75) is 19.4 Å². The van der Waals surface area contributed by atoms with Gasteiger partial charge < -0.3 is 9.47 Å². The highest BCUT2D eigenvalue weighted by atomic mass is 16.6. The highest BCUT2D eigenvalue weighted by Crippen LogP contribution is 2.09. The van der Waals surface area contributed by atoms with Gasteiger partial charge in [-0.15, -0.1) is 0 Å². The number of carbonyl (C=O) groups excluding carboxylic acids is 2. The molecule has 0 N–H and O–H groups in total. The summed E-state index contributed by atoms with van der Waals surface area (Å²) in [6.45, 7) is 7.50. The van der Waals surface area contributed by atoms with E-state index in [9.17, 15) is 9.59 Å². The minimum Gasteiger partial charge on any atom is -0.459 e. The van der Waals surface area contributed by atoms with Crippen molar-refractivity contribution in [3.05, 3.63) is 12.7 Å².